The number of amides is 2. The minimum Gasteiger partial charge on any atom is -0.496 e. The number of rotatable bonds is 7. The summed E-state index contributed by atoms with van der Waals surface area (Å²) in [7, 11) is 3.04. The number of carbonyl (C=O) groups is 2. The standard InChI is InChI=1S/C17H18N2O5/c1-22-11-7-12(23-2)9-13(8-11)24-10-16(20)19-15-6-4-3-5-14(15)17(18)21/h3-9H,10H2,1-2H3,(H2,18,21)(H,19,20). The lowest BCUT2D eigenvalue weighted by Gasteiger charge is -2.11. The van der Waals surface area contributed by atoms with E-state index < -0.39 is 11.8 Å². The van der Waals surface area contributed by atoms with E-state index in [1.165, 1.54) is 20.3 Å². The first-order valence-electron chi connectivity index (χ1n) is 7.08. The molecule has 126 valence electrons. The van der Waals surface area contributed by atoms with Gasteiger partial charge in [0.15, 0.2) is 6.61 Å². The molecule has 24 heavy (non-hydrogen) atoms. The lowest BCUT2D eigenvalue weighted by atomic mass is 10.1. The molecule has 3 N–H and O–H groups in total. The third-order valence-corrected chi connectivity index (χ3v) is 3.16. The Kier molecular flexibility index (Phi) is 5.62. The number of para-hydroxylation sites is 1. The van der Waals surface area contributed by atoms with Crippen LogP contribution in [0.15, 0.2) is 42.5 Å². The van der Waals surface area contributed by atoms with Crippen LogP contribution in [0.5, 0.6) is 17.2 Å². The van der Waals surface area contributed by atoms with Crippen LogP contribution in [0.25, 0.3) is 0 Å². The molecular weight excluding hydrogens is 312 g/mol. The van der Waals surface area contributed by atoms with E-state index in [4.69, 9.17) is 19.9 Å². The molecule has 0 spiro atoms. The summed E-state index contributed by atoms with van der Waals surface area (Å²) in [5.74, 6) is 0.465. The van der Waals surface area contributed by atoms with Gasteiger partial charge < -0.3 is 25.3 Å². The number of carbonyl (C=O) groups excluding carboxylic acids is 2. The molecule has 0 aliphatic heterocycles. The summed E-state index contributed by atoms with van der Waals surface area (Å²) in [6.07, 6.45) is 0. The molecule has 0 aliphatic carbocycles. The van der Waals surface area contributed by atoms with Crippen LogP contribution >= 0.6 is 0 Å². The van der Waals surface area contributed by atoms with Gasteiger partial charge in [0.1, 0.15) is 17.2 Å². The molecule has 0 aliphatic rings. The second-order valence-corrected chi connectivity index (χ2v) is 4.80. The molecule has 0 radical (unpaired) electrons. The number of anilines is 1. The van der Waals surface area contributed by atoms with Gasteiger partial charge in [-0.25, -0.2) is 0 Å². The summed E-state index contributed by atoms with van der Waals surface area (Å²) >= 11 is 0. The van der Waals surface area contributed by atoms with Gasteiger partial charge in [-0.1, -0.05) is 12.1 Å². The van der Waals surface area contributed by atoms with Crippen molar-refractivity contribution in [1.82, 2.24) is 0 Å². The average molecular weight is 330 g/mol. The van der Waals surface area contributed by atoms with Crippen molar-refractivity contribution in [1.29, 1.82) is 0 Å². The summed E-state index contributed by atoms with van der Waals surface area (Å²) in [5.41, 5.74) is 5.84. The van der Waals surface area contributed by atoms with Crippen LogP contribution < -0.4 is 25.3 Å². The maximum atomic E-state index is 12.0. The van der Waals surface area contributed by atoms with Gasteiger partial charge >= 0.3 is 0 Å². The zero-order chi connectivity index (χ0) is 17.5. The van der Waals surface area contributed by atoms with Crippen molar-refractivity contribution in [2.75, 3.05) is 26.1 Å². The molecule has 0 aromatic heterocycles. The van der Waals surface area contributed by atoms with Crippen molar-refractivity contribution in [2.45, 2.75) is 0 Å². The van der Waals surface area contributed by atoms with Crippen LogP contribution in [-0.2, 0) is 4.79 Å². The Morgan fingerprint density at radius 1 is 1.00 bits per heavy atom. The zero-order valence-corrected chi connectivity index (χ0v) is 13.4. The second kappa shape index (κ2) is 7.87. The number of nitrogens with one attached hydrogen (secondary N) is 1. The number of hydrogen-bond acceptors (Lipinski definition) is 5. The summed E-state index contributed by atoms with van der Waals surface area (Å²) in [6, 6.07) is 11.4. The van der Waals surface area contributed by atoms with E-state index in [1.807, 2.05) is 0 Å². The highest BCUT2D eigenvalue weighted by atomic mass is 16.5. The summed E-state index contributed by atoms with van der Waals surface area (Å²) in [6.45, 7) is -0.247. The Bertz CT molecular complexity index is 723. The Morgan fingerprint density at radius 2 is 1.58 bits per heavy atom. The van der Waals surface area contributed by atoms with Crippen LogP contribution in [-0.4, -0.2) is 32.6 Å². The van der Waals surface area contributed by atoms with Crippen molar-refractivity contribution in [3.05, 3.63) is 48.0 Å². The molecule has 0 saturated carbocycles. The Morgan fingerprint density at radius 3 is 2.17 bits per heavy atom. The molecule has 2 aromatic rings. The van der Waals surface area contributed by atoms with E-state index in [9.17, 15) is 9.59 Å². The predicted octanol–water partition coefficient (Wildman–Crippen LogP) is 1.82. The molecule has 0 unspecified atom stereocenters. The van der Waals surface area contributed by atoms with Gasteiger partial charge in [-0.2, -0.15) is 0 Å². The molecule has 0 atom stereocenters. The van der Waals surface area contributed by atoms with Crippen LogP contribution in [0.1, 0.15) is 10.4 Å². The largest absolute Gasteiger partial charge is 0.496 e. The maximum absolute atomic E-state index is 12.0. The fourth-order valence-electron chi connectivity index (χ4n) is 2.01. The number of benzene rings is 2. The van der Waals surface area contributed by atoms with Gasteiger partial charge in [-0.05, 0) is 12.1 Å². The van der Waals surface area contributed by atoms with Gasteiger partial charge in [0.2, 0.25) is 0 Å². The average Bonchev–Trinajstić information content (AvgIpc) is 2.59. The van der Waals surface area contributed by atoms with Crippen molar-refractivity contribution < 1.29 is 23.8 Å². The van der Waals surface area contributed by atoms with Crippen LogP contribution in [0.3, 0.4) is 0 Å². The molecule has 0 bridgehead atoms. The number of nitrogens with two attached hydrogens (primary N) is 1. The molecule has 2 rings (SSSR count). The molecule has 7 heteroatoms. The first-order chi connectivity index (χ1) is 11.5. The maximum Gasteiger partial charge on any atom is 0.262 e. The molecule has 2 amide bonds. The van der Waals surface area contributed by atoms with Crippen molar-refractivity contribution in [3.63, 3.8) is 0 Å². The fraction of sp³-hybridized carbons (Fsp3) is 0.176. The topological polar surface area (TPSA) is 99.9 Å². The molecule has 0 heterocycles. The normalized spacial score (nSPS) is 9.92. The lowest BCUT2D eigenvalue weighted by Crippen LogP contribution is -2.22. The summed E-state index contributed by atoms with van der Waals surface area (Å²) in [4.78, 5) is 23.4. The van der Waals surface area contributed by atoms with Crippen molar-refractivity contribution in [3.8, 4) is 17.2 Å². The SMILES string of the molecule is COc1cc(OC)cc(OCC(=O)Nc2ccccc2C(N)=O)c1. The number of ether oxygens (including phenoxy) is 3. The number of methoxy groups -OCH3 is 2. The van der Waals surface area contributed by atoms with E-state index in [-0.39, 0.29) is 12.2 Å². The van der Waals surface area contributed by atoms with E-state index in [1.54, 1.807) is 36.4 Å². The molecule has 7 nitrogen and oxygen atoms in total. The highest BCUT2D eigenvalue weighted by molar-refractivity contribution is 6.03. The van der Waals surface area contributed by atoms with E-state index in [0.29, 0.717) is 22.9 Å². The first-order valence-corrected chi connectivity index (χ1v) is 7.08. The van der Waals surface area contributed by atoms with Crippen LogP contribution in [0.2, 0.25) is 0 Å². The van der Waals surface area contributed by atoms with Crippen molar-refractivity contribution >= 4 is 17.5 Å². The fourth-order valence-corrected chi connectivity index (χ4v) is 2.01. The molecule has 0 fully saturated rings. The highest BCUT2D eigenvalue weighted by Gasteiger charge is 2.11. The van der Waals surface area contributed by atoms with Crippen LogP contribution in [0, 0.1) is 0 Å². The summed E-state index contributed by atoms with van der Waals surface area (Å²) in [5, 5.41) is 2.59. The zero-order valence-electron chi connectivity index (χ0n) is 13.4. The number of hydrogen-bond donors (Lipinski definition) is 2. The van der Waals surface area contributed by atoms with Gasteiger partial charge in [-0.15, -0.1) is 0 Å². The highest BCUT2D eigenvalue weighted by Crippen LogP contribution is 2.27. The van der Waals surface area contributed by atoms with Gasteiger partial charge in [0.25, 0.3) is 11.8 Å². The third kappa shape index (κ3) is 4.39. The minimum atomic E-state index is -0.621. The lowest BCUT2D eigenvalue weighted by molar-refractivity contribution is -0.118. The Labute approximate surface area is 139 Å². The van der Waals surface area contributed by atoms with E-state index in [2.05, 4.69) is 5.32 Å². The van der Waals surface area contributed by atoms with E-state index >= 15 is 0 Å². The Hall–Kier alpha value is -3.22. The monoisotopic (exact) mass is 330 g/mol. The smallest absolute Gasteiger partial charge is 0.262 e. The quantitative estimate of drug-likeness (QED) is 0.806. The van der Waals surface area contributed by atoms with Crippen molar-refractivity contribution in [2.24, 2.45) is 5.73 Å². The van der Waals surface area contributed by atoms with Gasteiger partial charge in [0, 0.05) is 18.2 Å². The summed E-state index contributed by atoms with van der Waals surface area (Å²) < 4.78 is 15.7. The van der Waals surface area contributed by atoms with Gasteiger partial charge in [0.05, 0.1) is 25.5 Å². The van der Waals surface area contributed by atoms with Gasteiger partial charge in [-0.3, -0.25) is 9.59 Å². The van der Waals surface area contributed by atoms with Crippen LogP contribution in [0.4, 0.5) is 5.69 Å². The molecule has 0 saturated heterocycles. The Balaban J connectivity index is 2.03. The minimum absolute atomic E-state index is 0.230. The number of primary amides is 1. The van der Waals surface area contributed by atoms with E-state index in [0.717, 1.165) is 0 Å². The molecule has 2 aromatic carbocycles. The third-order valence-electron chi connectivity index (χ3n) is 3.16. The molecular formula is C17H18N2O5. The second-order valence-electron chi connectivity index (χ2n) is 4.80. The first kappa shape index (κ1) is 17.1. The predicted molar refractivity (Wildman–Crippen MR) is 88.6 cm³/mol.